The molecule has 8 heteroatoms. The summed E-state index contributed by atoms with van der Waals surface area (Å²) in [5.74, 6) is 0. The Balaban J connectivity index is 1.50. The van der Waals surface area contributed by atoms with E-state index in [0.717, 1.165) is 31.6 Å². The van der Waals surface area contributed by atoms with E-state index in [9.17, 15) is 8.42 Å². The number of nitrogens with zero attached hydrogens (tertiary/aromatic N) is 3. The van der Waals surface area contributed by atoms with Crippen molar-refractivity contribution in [2.24, 2.45) is 17.6 Å². The molecule has 0 bridgehead atoms. The van der Waals surface area contributed by atoms with Gasteiger partial charge in [0.2, 0.25) is 0 Å². The second kappa shape index (κ2) is 4.68. The standard InChI is InChI=1S/C15H21N5O2S/c1-10-7-19(2)14-13(10)12(3-4-17-14)20-8-15(9-20)5-11(6-15)18-23(16,21)22/h3-4,7,11,18H,5-6,8-9H2,1-2H3,(H2,16,21,22). The van der Waals surface area contributed by atoms with Gasteiger partial charge < -0.3 is 9.47 Å². The molecular formula is C15H21N5O2S. The molecule has 0 aromatic carbocycles. The normalized spacial score (nSPS) is 20.7. The summed E-state index contributed by atoms with van der Waals surface area (Å²) in [5.41, 5.74) is 3.69. The molecule has 1 saturated heterocycles. The Morgan fingerprint density at radius 2 is 2.09 bits per heavy atom. The van der Waals surface area contributed by atoms with Crippen LogP contribution in [-0.4, -0.2) is 37.1 Å². The molecule has 124 valence electrons. The molecule has 1 spiro atoms. The molecule has 1 aliphatic heterocycles. The molecule has 0 amide bonds. The lowest BCUT2D eigenvalue weighted by molar-refractivity contribution is 0.0592. The number of pyridine rings is 1. The van der Waals surface area contributed by atoms with Crippen LogP contribution in [0.3, 0.4) is 0 Å². The molecule has 2 aliphatic rings. The minimum absolute atomic E-state index is 0.0110. The Bertz CT molecular complexity index is 875. The highest BCUT2D eigenvalue weighted by atomic mass is 32.2. The SMILES string of the molecule is Cc1cn(C)c2nccc(N3CC4(CC(NS(N)(=O)=O)C4)C3)c12. The first kappa shape index (κ1) is 14.9. The predicted molar refractivity (Wildman–Crippen MR) is 89.4 cm³/mol. The van der Waals surface area contributed by atoms with Crippen molar-refractivity contribution >= 4 is 26.9 Å². The maximum atomic E-state index is 11.1. The average molecular weight is 335 g/mol. The van der Waals surface area contributed by atoms with Gasteiger partial charge in [0.25, 0.3) is 10.2 Å². The zero-order valence-corrected chi connectivity index (χ0v) is 14.1. The van der Waals surface area contributed by atoms with E-state index >= 15 is 0 Å². The van der Waals surface area contributed by atoms with Crippen LogP contribution in [-0.2, 0) is 17.3 Å². The summed E-state index contributed by atoms with van der Waals surface area (Å²) in [4.78, 5) is 6.84. The van der Waals surface area contributed by atoms with Crippen molar-refractivity contribution in [3.63, 3.8) is 0 Å². The largest absolute Gasteiger partial charge is 0.370 e. The quantitative estimate of drug-likeness (QED) is 0.861. The lowest BCUT2D eigenvalue weighted by atomic mass is 9.61. The van der Waals surface area contributed by atoms with E-state index in [2.05, 4.69) is 38.4 Å². The number of aromatic nitrogens is 2. The number of anilines is 1. The molecular weight excluding hydrogens is 314 g/mol. The molecule has 4 rings (SSSR count). The van der Waals surface area contributed by atoms with Gasteiger partial charge in [0.05, 0.1) is 0 Å². The molecule has 0 radical (unpaired) electrons. The van der Waals surface area contributed by atoms with Gasteiger partial charge in [0.15, 0.2) is 0 Å². The third-order valence-corrected chi connectivity index (χ3v) is 5.77. The zero-order chi connectivity index (χ0) is 16.4. The number of nitrogens with one attached hydrogen (secondary N) is 1. The highest BCUT2D eigenvalue weighted by Crippen LogP contribution is 2.50. The second-order valence-corrected chi connectivity index (χ2v) is 8.40. The Hall–Kier alpha value is -1.64. The van der Waals surface area contributed by atoms with Crippen LogP contribution in [0.1, 0.15) is 18.4 Å². The van der Waals surface area contributed by atoms with Gasteiger partial charge in [-0.05, 0) is 31.4 Å². The number of nitrogens with two attached hydrogens (primary N) is 1. The van der Waals surface area contributed by atoms with Gasteiger partial charge in [-0.1, -0.05) is 0 Å². The van der Waals surface area contributed by atoms with Crippen LogP contribution in [0.25, 0.3) is 11.0 Å². The fourth-order valence-corrected chi connectivity index (χ4v) is 4.89. The summed E-state index contributed by atoms with van der Waals surface area (Å²) in [6.45, 7) is 4.03. The molecule has 23 heavy (non-hydrogen) atoms. The fraction of sp³-hybridized carbons (Fsp3) is 0.533. The van der Waals surface area contributed by atoms with E-state index in [1.165, 1.54) is 16.6 Å². The molecule has 1 aliphatic carbocycles. The summed E-state index contributed by atoms with van der Waals surface area (Å²) in [6.07, 6.45) is 5.68. The predicted octanol–water partition coefficient (Wildman–Crippen LogP) is 0.644. The van der Waals surface area contributed by atoms with Crippen LogP contribution >= 0.6 is 0 Å². The zero-order valence-electron chi connectivity index (χ0n) is 13.3. The maximum absolute atomic E-state index is 11.1. The van der Waals surface area contributed by atoms with Gasteiger partial charge in [-0.25, -0.2) is 10.1 Å². The molecule has 0 atom stereocenters. The van der Waals surface area contributed by atoms with Gasteiger partial charge in [0.1, 0.15) is 5.65 Å². The van der Waals surface area contributed by atoms with Gasteiger partial charge in [-0.3, -0.25) is 0 Å². The van der Waals surface area contributed by atoms with Crippen molar-refractivity contribution in [3.8, 4) is 0 Å². The number of fused-ring (bicyclic) bond motifs is 1. The number of aryl methyl sites for hydroxylation is 2. The van der Waals surface area contributed by atoms with Gasteiger partial charge in [-0.2, -0.15) is 13.1 Å². The van der Waals surface area contributed by atoms with Gasteiger partial charge >= 0.3 is 0 Å². The van der Waals surface area contributed by atoms with Crippen LogP contribution in [0.2, 0.25) is 0 Å². The third-order valence-electron chi connectivity index (χ3n) is 5.11. The summed E-state index contributed by atoms with van der Waals surface area (Å²) in [5, 5.41) is 6.25. The molecule has 1 saturated carbocycles. The van der Waals surface area contributed by atoms with Crippen molar-refractivity contribution in [1.82, 2.24) is 14.3 Å². The first-order valence-corrected chi connectivity index (χ1v) is 9.27. The Kier molecular flexibility index (Phi) is 3.04. The molecule has 3 N–H and O–H groups in total. The van der Waals surface area contributed by atoms with Crippen molar-refractivity contribution < 1.29 is 8.42 Å². The Labute approximate surface area is 135 Å². The van der Waals surface area contributed by atoms with E-state index in [-0.39, 0.29) is 11.5 Å². The van der Waals surface area contributed by atoms with Crippen molar-refractivity contribution in [1.29, 1.82) is 0 Å². The summed E-state index contributed by atoms with van der Waals surface area (Å²) < 4.78 is 26.7. The van der Waals surface area contributed by atoms with Gasteiger partial charge in [-0.15, -0.1) is 0 Å². The Morgan fingerprint density at radius 3 is 2.74 bits per heavy atom. The van der Waals surface area contributed by atoms with Crippen LogP contribution in [0, 0.1) is 12.3 Å². The van der Waals surface area contributed by atoms with Crippen LogP contribution < -0.4 is 14.8 Å². The minimum Gasteiger partial charge on any atom is -0.370 e. The van der Waals surface area contributed by atoms with Gasteiger partial charge in [0, 0.05) is 55.1 Å². The number of hydrogen-bond acceptors (Lipinski definition) is 4. The lowest BCUT2D eigenvalue weighted by Crippen LogP contribution is -2.67. The Morgan fingerprint density at radius 1 is 1.39 bits per heavy atom. The molecule has 2 aromatic rings. The summed E-state index contributed by atoms with van der Waals surface area (Å²) >= 11 is 0. The van der Waals surface area contributed by atoms with Crippen molar-refractivity contribution in [2.45, 2.75) is 25.8 Å². The molecule has 2 aromatic heterocycles. The minimum atomic E-state index is -3.59. The fourth-order valence-electron chi connectivity index (χ4n) is 4.26. The van der Waals surface area contributed by atoms with Crippen LogP contribution in [0.15, 0.2) is 18.5 Å². The van der Waals surface area contributed by atoms with Crippen LogP contribution in [0.4, 0.5) is 5.69 Å². The summed E-state index contributed by atoms with van der Waals surface area (Å²) in [7, 11) is -1.58. The van der Waals surface area contributed by atoms with E-state index in [0.29, 0.717) is 0 Å². The first-order chi connectivity index (χ1) is 10.8. The third kappa shape index (κ3) is 2.41. The average Bonchev–Trinajstić information content (AvgIpc) is 2.65. The second-order valence-electron chi connectivity index (χ2n) is 7.08. The van der Waals surface area contributed by atoms with E-state index in [4.69, 9.17) is 5.14 Å². The molecule has 0 unspecified atom stereocenters. The smallest absolute Gasteiger partial charge is 0.274 e. The van der Waals surface area contributed by atoms with Crippen molar-refractivity contribution in [3.05, 3.63) is 24.0 Å². The first-order valence-electron chi connectivity index (χ1n) is 7.72. The van der Waals surface area contributed by atoms with E-state index < -0.39 is 10.2 Å². The van der Waals surface area contributed by atoms with E-state index in [1.807, 2.05) is 13.2 Å². The number of rotatable bonds is 3. The van der Waals surface area contributed by atoms with Crippen LogP contribution in [0.5, 0.6) is 0 Å². The highest BCUT2D eigenvalue weighted by molar-refractivity contribution is 7.87. The molecule has 2 fully saturated rings. The highest BCUT2D eigenvalue weighted by Gasteiger charge is 2.53. The monoisotopic (exact) mass is 335 g/mol. The summed E-state index contributed by atoms with van der Waals surface area (Å²) in [6, 6.07) is 2.06. The number of hydrogen-bond donors (Lipinski definition) is 2. The molecule has 3 heterocycles. The van der Waals surface area contributed by atoms with Crippen molar-refractivity contribution in [2.75, 3.05) is 18.0 Å². The lowest BCUT2D eigenvalue weighted by Gasteiger charge is -2.59. The maximum Gasteiger partial charge on any atom is 0.274 e. The van der Waals surface area contributed by atoms with E-state index in [1.54, 1.807) is 0 Å². The topological polar surface area (TPSA) is 93.2 Å². The molecule has 7 nitrogen and oxygen atoms in total.